The number of carbonyl (C=O) groups is 3. The van der Waals surface area contributed by atoms with Crippen molar-refractivity contribution in [2.24, 2.45) is 0 Å². The van der Waals surface area contributed by atoms with Crippen molar-refractivity contribution in [1.82, 2.24) is 15.3 Å². The fraction of sp³-hybridized carbons (Fsp3) is 0.235. The van der Waals surface area contributed by atoms with Gasteiger partial charge in [-0.1, -0.05) is 13.3 Å². The highest BCUT2D eigenvalue weighted by molar-refractivity contribution is 7.20. The minimum atomic E-state index is -0.810. The quantitative estimate of drug-likeness (QED) is 0.607. The molecule has 0 fully saturated rings. The van der Waals surface area contributed by atoms with E-state index in [9.17, 15) is 14.4 Å². The molecule has 0 aromatic carbocycles. The number of pyridine rings is 1. The van der Waals surface area contributed by atoms with Crippen LogP contribution in [0.1, 0.15) is 39.9 Å². The summed E-state index contributed by atoms with van der Waals surface area (Å²) >= 11 is 2.41. The normalized spacial score (nSPS) is 10.6. The van der Waals surface area contributed by atoms with Crippen molar-refractivity contribution in [2.45, 2.75) is 19.8 Å². The highest BCUT2D eigenvalue weighted by Crippen LogP contribution is 2.26. The third-order valence-corrected chi connectivity index (χ3v) is 5.33. The Morgan fingerprint density at radius 1 is 1.22 bits per heavy atom. The van der Waals surface area contributed by atoms with Crippen LogP contribution in [0, 0.1) is 0 Å². The number of amides is 3. The van der Waals surface area contributed by atoms with E-state index in [4.69, 9.17) is 4.74 Å². The molecular weight excluding hydrogens is 388 g/mol. The summed E-state index contributed by atoms with van der Waals surface area (Å²) < 4.78 is 5.75. The lowest BCUT2D eigenvalue weighted by Crippen LogP contribution is -2.31. The van der Waals surface area contributed by atoms with Crippen LogP contribution in [0.4, 0.5) is 9.80 Å². The molecule has 27 heavy (non-hydrogen) atoms. The first-order chi connectivity index (χ1) is 13.1. The highest BCUT2D eigenvalue weighted by Gasteiger charge is 2.20. The zero-order valence-corrected chi connectivity index (χ0v) is 16.0. The van der Waals surface area contributed by atoms with Gasteiger partial charge in [0.05, 0.1) is 23.1 Å². The average molecular weight is 404 g/mol. The summed E-state index contributed by atoms with van der Waals surface area (Å²) in [7, 11) is 0. The van der Waals surface area contributed by atoms with Crippen LogP contribution >= 0.6 is 22.7 Å². The zero-order valence-electron chi connectivity index (χ0n) is 14.4. The van der Waals surface area contributed by atoms with Crippen molar-refractivity contribution in [2.75, 3.05) is 11.9 Å². The number of unbranched alkanes of at least 4 members (excludes halogenated alkanes) is 1. The minimum Gasteiger partial charge on any atom is -0.449 e. The number of thiazole rings is 1. The smallest absolute Gasteiger partial charge is 0.414 e. The Bertz CT molecular complexity index is 949. The van der Waals surface area contributed by atoms with Gasteiger partial charge in [0.15, 0.2) is 5.01 Å². The molecule has 3 rings (SSSR count). The number of carbonyl (C=O) groups excluding carboxylic acids is 3. The van der Waals surface area contributed by atoms with E-state index in [1.807, 2.05) is 6.92 Å². The van der Waals surface area contributed by atoms with Gasteiger partial charge in [-0.2, -0.15) is 0 Å². The van der Waals surface area contributed by atoms with Gasteiger partial charge >= 0.3 is 6.09 Å². The van der Waals surface area contributed by atoms with Crippen molar-refractivity contribution in [3.05, 3.63) is 40.5 Å². The van der Waals surface area contributed by atoms with Crippen LogP contribution in [0.5, 0.6) is 0 Å². The number of thiophene rings is 1. The van der Waals surface area contributed by atoms with Gasteiger partial charge in [0.1, 0.15) is 10.5 Å². The average Bonchev–Trinajstić information content (AvgIpc) is 3.28. The second-order valence-electron chi connectivity index (χ2n) is 5.42. The van der Waals surface area contributed by atoms with E-state index in [0.717, 1.165) is 17.5 Å². The van der Waals surface area contributed by atoms with E-state index in [0.29, 0.717) is 10.5 Å². The number of hydrogen-bond donors (Lipinski definition) is 2. The number of imide groups is 1. The second kappa shape index (κ2) is 8.69. The Labute approximate surface area is 162 Å². The molecule has 0 spiro atoms. The van der Waals surface area contributed by atoms with Crippen LogP contribution in [0.15, 0.2) is 29.9 Å². The molecule has 0 aliphatic heterocycles. The van der Waals surface area contributed by atoms with Crippen molar-refractivity contribution in [3.8, 4) is 0 Å². The summed E-state index contributed by atoms with van der Waals surface area (Å²) in [6, 6.07) is 3.30. The Morgan fingerprint density at radius 2 is 2.07 bits per heavy atom. The molecule has 0 radical (unpaired) electrons. The van der Waals surface area contributed by atoms with Crippen LogP contribution in [-0.2, 0) is 4.74 Å². The first-order valence-electron chi connectivity index (χ1n) is 8.16. The molecule has 3 heterocycles. The number of alkyl carbamates (subject to hydrolysis) is 1. The van der Waals surface area contributed by atoms with Crippen molar-refractivity contribution in [1.29, 1.82) is 0 Å². The topological polar surface area (TPSA) is 110 Å². The Kier molecular flexibility index (Phi) is 6.09. The van der Waals surface area contributed by atoms with Crippen LogP contribution < -0.4 is 10.6 Å². The van der Waals surface area contributed by atoms with Gasteiger partial charge in [0.25, 0.3) is 11.8 Å². The number of fused-ring (bicyclic) bond motifs is 1. The molecule has 3 aromatic rings. The van der Waals surface area contributed by atoms with Crippen LogP contribution in [0.25, 0.3) is 10.2 Å². The molecule has 3 amide bonds. The van der Waals surface area contributed by atoms with Gasteiger partial charge in [0.2, 0.25) is 0 Å². The number of aromatic nitrogens is 2. The van der Waals surface area contributed by atoms with E-state index in [2.05, 4.69) is 20.6 Å². The van der Waals surface area contributed by atoms with E-state index in [1.54, 1.807) is 23.8 Å². The van der Waals surface area contributed by atoms with Crippen LogP contribution in [0.3, 0.4) is 0 Å². The molecular formula is C17H16N4O4S2. The number of hydrogen-bond acceptors (Lipinski definition) is 8. The van der Waals surface area contributed by atoms with Gasteiger partial charge in [-0.25, -0.2) is 9.78 Å². The first-order valence-corrected chi connectivity index (χ1v) is 9.85. The molecule has 0 aliphatic carbocycles. The molecule has 3 aromatic heterocycles. The van der Waals surface area contributed by atoms with Gasteiger partial charge in [-0.05, 0) is 23.9 Å². The van der Waals surface area contributed by atoms with Gasteiger partial charge < -0.3 is 10.1 Å². The van der Waals surface area contributed by atoms with Crippen molar-refractivity contribution in [3.63, 3.8) is 0 Å². The maximum Gasteiger partial charge on any atom is 0.414 e. The molecule has 10 heteroatoms. The minimum absolute atomic E-state index is 0.184. The largest absolute Gasteiger partial charge is 0.449 e. The molecule has 0 bridgehead atoms. The first kappa shape index (κ1) is 18.9. The Morgan fingerprint density at radius 3 is 2.85 bits per heavy atom. The maximum absolute atomic E-state index is 12.5. The summed E-state index contributed by atoms with van der Waals surface area (Å²) in [6.07, 6.45) is 4.00. The fourth-order valence-corrected chi connectivity index (χ4v) is 3.73. The molecule has 0 atom stereocenters. The lowest BCUT2D eigenvalue weighted by atomic mass is 10.3. The Balaban J connectivity index is 1.66. The summed E-state index contributed by atoms with van der Waals surface area (Å²) in [4.78, 5) is 44.5. The van der Waals surface area contributed by atoms with Crippen LogP contribution in [-0.4, -0.2) is 34.5 Å². The second-order valence-corrected chi connectivity index (χ2v) is 7.37. The number of nitrogens with one attached hydrogen (secondary N) is 2. The molecule has 2 N–H and O–H groups in total. The predicted octanol–water partition coefficient (Wildman–Crippen LogP) is 3.67. The lowest BCUT2D eigenvalue weighted by Gasteiger charge is -2.07. The predicted molar refractivity (Wildman–Crippen MR) is 103 cm³/mol. The summed E-state index contributed by atoms with van der Waals surface area (Å²) in [5, 5.41) is 7.06. The van der Waals surface area contributed by atoms with E-state index < -0.39 is 17.9 Å². The van der Waals surface area contributed by atoms with Crippen molar-refractivity contribution >= 4 is 55.8 Å². The number of anilines is 1. The van der Waals surface area contributed by atoms with Gasteiger partial charge in [0, 0.05) is 6.20 Å². The summed E-state index contributed by atoms with van der Waals surface area (Å²) in [5.41, 5.74) is 0.815. The molecule has 140 valence electrons. The van der Waals surface area contributed by atoms with Crippen molar-refractivity contribution < 1.29 is 19.1 Å². The monoisotopic (exact) mass is 404 g/mol. The number of ether oxygens (including phenoxy) is 1. The molecule has 8 nitrogen and oxygen atoms in total. The zero-order chi connectivity index (χ0) is 19.2. The third-order valence-electron chi connectivity index (χ3n) is 3.47. The standard InChI is InChI=1S/C17H16N4O4S2/c1-2-3-7-25-17(24)21-13(22)10-5-8-26-15(10)20-14(23)16-19-11-9-18-6-4-12(11)27-16/h4-6,8-9H,2-3,7H2,1H3,(H,20,23)(H,21,22,24). The SMILES string of the molecule is CCCCOC(=O)NC(=O)c1ccsc1NC(=O)c1nc2cnccc2s1. The highest BCUT2D eigenvalue weighted by atomic mass is 32.1. The Hall–Kier alpha value is -2.85. The summed E-state index contributed by atoms with van der Waals surface area (Å²) in [6.45, 7) is 2.21. The molecule has 0 unspecified atom stereocenters. The van der Waals surface area contributed by atoms with Gasteiger partial charge in [-0.15, -0.1) is 22.7 Å². The van der Waals surface area contributed by atoms with Gasteiger partial charge in [-0.3, -0.25) is 19.9 Å². The van der Waals surface area contributed by atoms with E-state index in [1.165, 1.54) is 28.7 Å². The number of nitrogens with zero attached hydrogens (tertiary/aromatic N) is 2. The van der Waals surface area contributed by atoms with E-state index >= 15 is 0 Å². The maximum atomic E-state index is 12.5. The van der Waals surface area contributed by atoms with E-state index in [-0.39, 0.29) is 17.2 Å². The number of rotatable bonds is 6. The van der Waals surface area contributed by atoms with Crippen LogP contribution in [0.2, 0.25) is 0 Å². The molecule has 0 saturated heterocycles. The summed E-state index contributed by atoms with van der Waals surface area (Å²) in [5.74, 6) is -1.07. The lowest BCUT2D eigenvalue weighted by molar-refractivity contribution is 0.0920. The molecule has 0 saturated carbocycles. The fourth-order valence-electron chi connectivity index (χ4n) is 2.12. The third kappa shape index (κ3) is 4.66. The molecule has 0 aliphatic rings.